The second-order valence-corrected chi connectivity index (χ2v) is 4.63. The van der Waals surface area contributed by atoms with E-state index in [9.17, 15) is 13.2 Å². The number of sulfonamides is 1. The number of aryl methyl sites for hydroxylation is 1. The minimum Gasteiger partial charge on any atom is -0.468 e. The molecule has 0 saturated carbocycles. The summed E-state index contributed by atoms with van der Waals surface area (Å²) in [6, 6.07) is 0. The molecular weight excluding hydrogens is 236 g/mol. The van der Waals surface area contributed by atoms with Crippen LogP contribution in [-0.2, 0) is 26.6 Å². The minimum absolute atomic E-state index is 0.125. The fraction of sp³-hybridized carbons (Fsp3) is 0.429. The van der Waals surface area contributed by atoms with Crippen molar-refractivity contribution in [2.24, 2.45) is 7.05 Å². The zero-order chi connectivity index (χ0) is 12.3. The second-order valence-electron chi connectivity index (χ2n) is 2.95. The molecule has 3 N–H and O–H groups in total. The van der Waals surface area contributed by atoms with Crippen molar-refractivity contribution < 1.29 is 17.9 Å². The molecular formula is C7H12N4O4S. The van der Waals surface area contributed by atoms with Crippen LogP contribution in [0, 0.1) is 0 Å². The average Bonchev–Trinajstić information content (AvgIpc) is 2.55. The Bertz CT molecular complexity index is 473. The Hall–Kier alpha value is -1.61. The van der Waals surface area contributed by atoms with Crippen LogP contribution in [0.25, 0.3) is 0 Å². The van der Waals surface area contributed by atoms with Crippen LogP contribution in [0.1, 0.15) is 0 Å². The maximum absolute atomic E-state index is 11.7. The van der Waals surface area contributed by atoms with E-state index < -0.39 is 22.5 Å². The monoisotopic (exact) mass is 248 g/mol. The fourth-order valence-corrected chi connectivity index (χ4v) is 2.26. The number of nitrogens with one attached hydrogen (secondary N) is 1. The molecule has 0 bridgehead atoms. The normalized spacial score (nSPS) is 11.4. The third-order valence-corrected chi connectivity index (χ3v) is 3.33. The van der Waals surface area contributed by atoms with Crippen LogP contribution >= 0.6 is 0 Å². The Balaban J connectivity index is 2.91. The van der Waals surface area contributed by atoms with Crippen LogP contribution in [0.4, 0.5) is 5.82 Å². The summed E-state index contributed by atoms with van der Waals surface area (Å²) in [4.78, 5) is 14.4. The number of methoxy groups -OCH3 is 1. The van der Waals surface area contributed by atoms with Gasteiger partial charge in [0.25, 0.3) is 10.0 Å². The van der Waals surface area contributed by atoms with Gasteiger partial charge in [-0.1, -0.05) is 0 Å². The zero-order valence-corrected chi connectivity index (χ0v) is 9.61. The number of hydrogen-bond donors (Lipinski definition) is 2. The summed E-state index contributed by atoms with van der Waals surface area (Å²) in [7, 11) is -1.21. The maximum Gasteiger partial charge on any atom is 0.320 e. The highest BCUT2D eigenvalue weighted by Gasteiger charge is 2.22. The van der Waals surface area contributed by atoms with E-state index in [0.717, 1.165) is 7.11 Å². The fourth-order valence-electron chi connectivity index (χ4n) is 1.06. The smallest absolute Gasteiger partial charge is 0.320 e. The van der Waals surface area contributed by atoms with Gasteiger partial charge in [0.2, 0.25) is 0 Å². The van der Waals surface area contributed by atoms with E-state index in [1.54, 1.807) is 0 Å². The highest BCUT2D eigenvalue weighted by Crippen LogP contribution is 2.14. The predicted octanol–water partition coefficient (Wildman–Crippen LogP) is -1.55. The van der Waals surface area contributed by atoms with Crippen molar-refractivity contribution in [1.82, 2.24) is 14.3 Å². The van der Waals surface area contributed by atoms with Crippen LogP contribution in [0.5, 0.6) is 0 Å². The number of carbonyl (C=O) groups excluding carboxylic acids is 1. The maximum atomic E-state index is 11.7. The molecule has 1 aromatic rings. The van der Waals surface area contributed by atoms with Crippen LogP contribution < -0.4 is 10.5 Å². The zero-order valence-electron chi connectivity index (χ0n) is 8.80. The van der Waals surface area contributed by atoms with Crippen molar-refractivity contribution in [3.05, 3.63) is 6.33 Å². The number of anilines is 1. The van der Waals surface area contributed by atoms with Gasteiger partial charge in [0.05, 0.1) is 13.4 Å². The van der Waals surface area contributed by atoms with Gasteiger partial charge >= 0.3 is 5.97 Å². The van der Waals surface area contributed by atoms with Crippen molar-refractivity contribution in [2.75, 3.05) is 19.4 Å². The quantitative estimate of drug-likeness (QED) is 0.623. The molecule has 1 rings (SSSR count). The van der Waals surface area contributed by atoms with Crippen molar-refractivity contribution in [2.45, 2.75) is 5.03 Å². The van der Waals surface area contributed by atoms with Crippen LogP contribution in [0.3, 0.4) is 0 Å². The van der Waals surface area contributed by atoms with Gasteiger partial charge in [0, 0.05) is 7.05 Å². The summed E-state index contributed by atoms with van der Waals surface area (Å²) in [5.41, 5.74) is 5.40. The summed E-state index contributed by atoms with van der Waals surface area (Å²) in [5, 5.41) is -0.184. The lowest BCUT2D eigenvalue weighted by molar-refractivity contribution is -0.139. The Kier molecular flexibility index (Phi) is 3.50. The topological polar surface area (TPSA) is 116 Å². The van der Waals surface area contributed by atoms with E-state index in [1.165, 1.54) is 17.9 Å². The number of imidazole rings is 1. The molecule has 0 aliphatic carbocycles. The molecule has 0 aliphatic heterocycles. The van der Waals surface area contributed by atoms with E-state index in [2.05, 4.69) is 14.4 Å². The Morgan fingerprint density at radius 1 is 1.69 bits per heavy atom. The molecule has 0 amide bonds. The van der Waals surface area contributed by atoms with Crippen LogP contribution in [-0.4, -0.2) is 37.6 Å². The van der Waals surface area contributed by atoms with E-state index in [1.807, 2.05) is 0 Å². The number of nitrogens with zero attached hydrogens (tertiary/aromatic N) is 2. The number of ether oxygens (including phenoxy) is 1. The average molecular weight is 248 g/mol. The highest BCUT2D eigenvalue weighted by atomic mass is 32.2. The van der Waals surface area contributed by atoms with Gasteiger partial charge in [-0.3, -0.25) is 4.79 Å². The molecule has 0 radical (unpaired) electrons. The third kappa shape index (κ3) is 2.49. The molecule has 8 nitrogen and oxygen atoms in total. The van der Waals surface area contributed by atoms with Crippen LogP contribution in [0.2, 0.25) is 0 Å². The minimum atomic E-state index is -3.86. The van der Waals surface area contributed by atoms with Crippen molar-refractivity contribution in [1.29, 1.82) is 0 Å². The summed E-state index contributed by atoms with van der Waals surface area (Å²) < 4.78 is 31.0. The van der Waals surface area contributed by atoms with Gasteiger partial charge in [-0.15, -0.1) is 0 Å². The number of aromatic nitrogens is 2. The first-order valence-corrected chi connectivity index (χ1v) is 5.70. The number of esters is 1. The number of nitrogen functional groups attached to an aromatic ring is 1. The van der Waals surface area contributed by atoms with E-state index in [-0.39, 0.29) is 10.8 Å². The molecule has 0 fully saturated rings. The number of carbonyl (C=O) groups is 1. The summed E-state index contributed by atoms with van der Waals surface area (Å²) in [6.45, 7) is -0.455. The first-order chi connectivity index (χ1) is 7.38. The Morgan fingerprint density at radius 2 is 2.31 bits per heavy atom. The molecule has 1 heterocycles. The molecule has 0 aliphatic rings. The third-order valence-electron chi connectivity index (χ3n) is 1.80. The predicted molar refractivity (Wildman–Crippen MR) is 54.8 cm³/mol. The number of nitrogens with two attached hydrogens (primary N) is 1. The summed E-state index contributed by atoms with van der Waals surface area (Å²) in [6.07, 6.45) is 1.27. The summed E-state index contributed by atoms with van der Waals surface area (Å²) in [5.74, 6) is -0.816. The first kappa shape index (κ1) is 12.5. The van der Waals surface area contributed by atoms with E-state index in [4.69, 9.17) is 5.73 Å². The molecule has 0 atom stereocenters. The molecule has 90 valence electrons. The van der Waals surface area contributed by atoms with Gasteiger partial charge < -0.3 is 15.0 Å². The molecule has 16 heavy (non-hydrogen) atoms. The molecule has 0 spiro atoms. The van der Waals surface area contributed by atoms with Crippen molar-refractivity contribution >= 4 is 21.8 Å². The first-order valence-electron chi connectivity index (χ1n) is 4.21. The lowest BCUT2D eigenvalue weighted by atomic mass is 10.7. The lowest BCUT2D eigenvalue weighted by Crippen LogP contribution is -2.31. The Labute approximate surface area is 92.5 Å². The largest absolute Gasteiger partial charge is 0.468 e. The van der Waals surface area contributed by atoms with Gasteiger partial charge in [0.1, 0.15) is 6.54 Å². The van der Waals surface area contributed by atoms with Crippen molar-refractivity contribution in [3.63, 3.8) is 0 Å². The molecule has 9 heteroatoms. The summed E-state index contributed by atoms with van der Waals surface area (Å²) >= 11 is 0. The van der Waals surface area contributed by atoms with Gasteiger partial charge in [-0.2, -0.15) is 4.72 Å². The lowest BCUT2D eigenvalue weighted by Gasteiger charge is -2.06. The Morgan fingerprint density at radius 3 is 2.75 bits per heavy atom. The van der Waals surface area contributed by atoms with Gasteiger partial charge in [-0.05, 0) is 0 Å². The van der Waals surface area contributed by atoms with Gasteiger partial charge in [0.15, 0.2) is 10.8 Å². The second kappa shape index (κ2) is 4.49. The number of hydrogen-bond acceptors (Lipinski definition) is 6. The highest BCUT2D eigenvalue weighted by molar-refractivity contribution is 7.89. The SMILES string of the molecule is COC(=O)CNS(=O)(=O)c1c(N)ncn1C. The number of rotatable bonds is 4. The molecule has 0 unspecified atom stereocenters. The standard InChI is InChI=1S/C7H12N4O4S/c1-11-4-9-6(8)7(11)16(13,14)10-3-5(12)15-2/h4,10H,3,8H2,1-2H3. The van der Waals surface area contributed by atoms with Crippen molar-refractivity contribution in [3.8, 4) is 0 Å². The molecule has 0 saturated heterocycles. The van der Waals surface area contributed by atoms with E-state index >= 15 is 0 Å². The molecule has 1 aromatic heterocycles. The van der Waals surface area contributed by atoms with Crippen LogP contribution in [0.15, 0.2) is 11.4 Å². The van der Waals surface area contributed by atoms with E-state index in [0.29, 0.717) is 0 Å². The molecule has 0 aromatic carbocycles. The van der Waals surface area contributed by atoms with Gasteiger partial charge in [-0.25, -0.2) is 13.4 Å².